The maximum Gasteiger partial charge on any atom is 0.228 e. The lowest BCUT2D eigenvalue weighted by atomic mass is 9.69. The molecule has 1 aliphatic carbocycles. The lowest BCUT2D eigenvalue weighted by molar-refractivity contribution is -0.168. The summed E-state index contributed by atoms with van der Waals surface area (Å²) in [5.41, 5.74) is -0.302. The molecule has 1 amide bonds. The minimum absolute atomic E-state index is 0.182. The summed E-state index contributed by atoms with van der Waals surface area (Å²) in [4.78, 5) is 24.6. The summed E-state index contributed by atoms with van der Waals surface area (Å²) in [6.45, 7) is 6.43. The van der Waals surface area contributed by atoms with Crippen LogP contribution < -0.4 is 0 Å². The van der Waals surface area contributed by atoms with Gasteiger partial charge < -0.3 is 4.90 Å². The van der Waals surface area contributed by atoms with Crippen molar-refractivity contribution in [1.29, 1.82) is 0 Å². The molecule has 0 aromatic carbocycles. The second kappa shape index (κ2) is 2.34. The molecule has 2 aliphatic rings. The van der Waals surface area contributed by atoms with Gasteiger partial charge in [-0.05, 0) is 0 Å². The standard InChI is InChI=1S/C10H15NO2/c1-10(2,3)9(13)11-5-6-7(11)4-8(6)12/h6-7H,4-5H2,1-3H3/t6-,7-/m1/s1. The van der Waals surface area contributed by atoms with Crippen LogP contribution in [0.15, 0.2) is 0 Å². The van der Waals surface area contributed by atoms with Crippen LogP contribution in [0.1, 0.15) is 27.2 Å². The molecule has 0 radical (unpaired) electrons. The summed E-state index contributed by atoms with van der Waals surface area (Å²) >= 11 is 0. The SMILES string of the molecule is CC(C)(C)C(=O)N1C[C@H]2C(=O)C[C@H]21. The van der Waals surface area contributed by atoms with Crippen molar-refractivity contribution in [2.24, 2.45) is 11.3 Å². The third kappa shape index (κ3) is 1.10. The van der Waals surface area contributed by atoms with Crippen LogP contribution >= 0.6 is 0 Å². The average Bonchev–Trinajstić information content (AvgIpc) is 1.97. The molecule has 1 saturated heterocycles. The second-order valence-electron chi connectivity index (χ2n) is 5.05. The number of hydrogen-bond donors (Lipinski definition) is 0. The van der Waals surface area contributed by atoms with Gasteiger partial charge in [-0.25, -0.2) is 0 Å². The van der Waals surface area contributed by atoms with Crippen molar-refractivity contribution in [2.75, 3.05) is 6.54 Å². The molecule has 0 unspecified atom stereocenters. The minimum Gasteiger partial charge on any atom is -0.337 e. The van der Waals surface area contributed by atoms with E-state index in [9.17, 15) is 9.59 Å². The van der Waals surface area contributed by atoms with Crippen molar-refractivity contribution in [3.8, 4) is 0 Å². The Morgan fingerprint density at radius 1 is 1.46 bits per heavy atom. The smallest absolute Gasteiger partial charge is 0.228 e. The number of ketones is 1. The van der Waals surface area contributed by atoms with E-state index in [4.69, 9.17) is 0 Å². The molecule has 0 aromatic heterocycles. The summed E-state index contributed by atoms with van der Waals surface area (Å²) < 4.78 is 0. The number of Topliss-reactive ketones (excluding diaryl/α,β-unsaturated/α-hetero) is 1. The van der Waals surface area contributed by atoms with E-state index in [0.29, 0.717) is 18.7 Å². The maximum absolute atomic E-state index is 11.8. The molecule has 72 valence electrons. The Morgan fingerprint density at radius 3 is 2.38 bits per heavy atom. The third-order valence-corrected chi connectivity index (χ3v) is 2.98. The van der Waals surface area contributed by atoms with Crippen molar-refractivity contribution < 1.29 is 9.59 Å². The largest absolute Gasteiger partial charge is 0.337 e. The Hall–Kier alpha value is -0.860. The van der Waals surface area contributed by atoms with E-state index in [1.807, 2.05) is 25.7 Å². The molecule has 0 N–H and O–H groups in total. The molecule has 1 aliphatic heterocycles. The minimum atomic E-state index is -0.302. The number of hydrogen-bond acceptors (Lipinski definition) is 2. The Balaban J connectivity index is 1.99. The van der Waals surface area contributed by atoms with Crippen LogP contribution in [0.5, 0.6) is 0 Å². The van der Waals surface area contributed by atoms with E-state index in [1.165, 1.54) is 0 Å². The number of amides is 1. The average molecular weight is 181 g/mol. The second-order valence-corrected chi connectivity index (χ2v) is 5.05. The molecule has 0 aromatic rings. The topological polar surface area (TPSA) is 37.4 Å². The van der Waals surface area contributed by atoms with Gasteiger partial charge in [0.1, 0.15) is 5.78 Å². The summed E-state index contributed by atoms with van der Waals surface area (Å²) in [6, 6.07) is 0.249. The van der Waals surface area contributed by atoms with E-state index in [-0.39, 0.29) is 23.3 Å². The molecule has 0 spiro atoms. The van der Waals surface area contributed by atoms with Crippen molar-refractivity contribution in [3.05, 3.63) is 0 Å². The van der Waals surface area contributed by atoms with E-state index in [0.717, 1.165) is 0 Å². The molecule has 2 rings (SSSR count). The highest BCUT2D eigenvalue weighted by Crippen LogP contribution is 2.40. The summed E-state index contributed by atoms with van der Waals surface area (Å²) in [6.07, 6.45) is 0.590. The molecule has 1 saturated carbocycles. The molecule has 3 nitrogen and oxygen atoms in total. The lowest BCUT2D eigenvalue weighted by Gasteiger charge is -2.55. The van der Waals surface area contributed by atoms with E-state index < -0.39 is 0 Å². The van der Waals surface area contributed by atoms with Crippen molar-refractivity contribution in [3.63, 3.8) is 0 Å². The van der Waals surface area contributed by atoms with Crippen LogP contribution in [0, 0.1) is 11.3 Å². The van der Waals surface area contributed by atoms with Gasteiger partial charge in [-0.3, -0.25) is 9.59 Å². The van der Waals surface area contributed by atoms with Gasteiger partial charge in [-0.15, -0.1) is 0 Å². The van der Waals surface area contributed by atoms with Crippen LogP contribution in [0.25, 0.3) is 0 Å². The highest BCUT2D eigenvalue weighted by atomic mass is 16.2. The number of likely N-dealkylation sites (tertiary alicyclic amines) is 1. The van der Waals surface area contributed by atoms with Gasteiger partial charge in [0.25, 0.3) is 0 Å². The number of rotatable bonds is 0. The molecule has 13 heavy (non-hydrogen) atoms. The predicted octanol–water partition coefficient (Wildman–Crippen LogP) is 0.832. The fourth-order valence-electron chi connectivity index (χ4n) is 1.98. The zero-order valence-corrected chi connectivity index (χ0v) is 8.33. The highest BCUT2D eigenvalue weighted by molar-refractivity contribution is 5.95. The number of carbonyl (C=O) groups excluding carboxylic acids is 2. The Kier molecular flexibility index (Phi) is 1.57. The highest BCUT2D eigenvalue weighted by Gasteiger charge is 2.55. The van der Waals surface area contributed by atoms with Crippen molar-refractivity contribution in [1.82, 2.24) is 4.90 Å². The normalized spacial score (nSPS) is 31.9. The number of piperidine rings is 1. The summed E-state index contributed by atoms with van der Waals surface area (Å²) in [5, 5.41) is 0. The number of fused-ring (bicyclic) bond motifs is 1. The van der Waals surface area contributed by atoms with Crippen molar-refractivity contribution >= 4 is 11.7 Å². The third-order valence-electron chi connectivity index (χ3n) is 2.98. The Bertz CT molecular complexity index is 277. The molecule has 3 heteroatoms. The zero-order chi connectivity index (χ0) is 9.80. The molecule has 2 fully saturated rings. The van der Waals surface area contributed by atoms with Crippen LogP contribution in [0.2, 0.25) is 0 Å². The molecule has 1 heterocycles. The van der Waals surface area contributed by atoms with E-state index >= 15 is 0 Å². The van der Waals surface area contributed by atoms with Crippen LogP contribution in [0.4, 0.5) is 0 Å². The summed E-state index contributed by atoms with van der Waals surface area (Å²) in [7, 11) is 0. The first-order chi connectivity index (χ1) is 5.91. The first kappa shape index (κ1) is 8.73. The molecular weight excluding hydrogens is 166 g/mol. The molecule has 0 bridgehead atoms. The number of carbonyl (C=O) groups is 2. The maximum atomic E-state index is 11.8. The Labute approximate surface area is 78.1 Å². The number of nitrogens with zero attached hydrogens (tertiary/aromatic N) is 1. The fraction of sp³-hybridized carbons (Fsp3) is 0.800. The predicted molar refractivity (Wildman–Crippen MR) is 48.1 cm³/mol. The van der Waals surface area contributed by atoms with Gasteiger partial charge in [0, 0.05) is 18.4 Å². The van der Waals surface area contributed by atoms with Gasteiger partial charge in [0.2, 0.25) is 5.91 Å². The molecule has 2 atom stereocenters. The van der Waals surface area contributed by atoms with Crippen LogP contribution in [0.3, 0.4) is 0 Å². The monoisotopic (exact) mass is 181 g/mol. The fourth-order valence-corrected chi connectivity index (χ4v) is 1.98. The first-order valence-corrected chi connectivity index (χ1v) is 4.75. The lowest BCUT2D eigenvalue weighted by Crippen LogP contribution is -2.70. The first-order valence-electron chi connectivity index (χ1n) is 4.75. The van der Waals surface area contributed by atoms with Crippen LogP contribution in [-0.2, 0) is 9.59 Å². The molecular formula is C10H15NO2. The van der Waals surface area contributed by atoms with Crippen LogP contribution in [-0.4, -0.2) is 29.2 Å². The Morgan fingerprint density at radius 2 is 2.08 bits per heavy atom. The van der Waals surface area contributed by atoms with Gasteiger partial charge >= 0.3 is 0 Å². The van der Waals surface area contributed by atoms with Gasteiger partial charge in [-0.1, -0.05) is 20.8 Å². The van der Waals surface area contributed by atoms with Gasteiger partial charge in [0.05, 0.1) is 12.0 Å². The zero-order valence-electron chi connectivity index (χ0n) is 8.33. The van der Waals surface area contributed by atoms with Crippen molar-refractivity contribution in [2.45, 2.75) is 33.2 Å². The van der Waals surface area contributed by atoms with E-state index in [2.05, 4.69) is 0 Å². The van der Waals surface area contributed by atoms with E-state index in [1.54, 1.807) is 0 Å². The summed E-state index contributed by atoms with van der Waals surface area (Å²) in [5.74, 6) is 0.704. The van der Waals surface area contributed by atoms with Gasteiger partial charge in [-0.2, -0.15) is 0 Å². The van der Waals surface area contributed by atoms with Gasteiger partial charge in [0.15, 0.2) is 0 Å². The quantitative estimate of drug-likeness (QED) is 0.555.